The second kappa shape index (κ2) is 4.81. The van der Waals surface area contributed by atoms with Crippen LogP contribution < -0.4 is 21.3 Å². The molecule has 0 saturated carbocycles. The summed E-state index contributed by atoms with van der Waals surface area (Å²) < 4.78 is 2.50. The fourth-order valence-corrected chi connectivity index (χ4v) is 14.0. The minimum absolute atomic E-state index is 0.0344. The maximum absolute atomic E-state index is 12.4. The van der Waals surface area contributed by atoms with Crippen molar-refractivity contribution >= 4 is 46.4 Å². The summed E-state index contributed by atoms with van der Waals surface area (Å²) in [7, 11) is 0.154. The average molecular weight is 466 g/mol. The number of benzene rings is 2. The summed E-state index contributed by atoms with van der Waals surface area (Å²) in [6.07, 6.45) is 0. The molecular formula is C13H8I2OS. The fourth-order valence-electron chi connectivity index (χ4n) is 1.95. The number of rotatable bonds is 1. The second-order valence-corrected chi connectivity index (χ2v) is 15.5. The Morgan fingerprint density at radius 3 is 1.82 bits per heavy atom. The van der Waals surface area contributed by atoms with Crippen molar-refractivity contribution in [1.29, 1.82) is 0 Å². The molecule has 2 aromatic carbocycles. The van der Waals surface area contributed by atoms with Crippen LogP contribution in [0.25, 0.3) is 20.2 Å². The number of hydrogen-bond donors (Lipinski definition) is 0. The van der Waals surface area contributed by atoms with Crippen LogP contribution in [-0.2, 0) is 0 Å². The van der Waals surface area contributed by atoms with E-state index in [9.17, 15) is 4.79 Å². The van der Waals surface area contributed by atoms with Gasteiger partial charge in [-0.3, -0.25) is 0 Å². The summed E-state index contributed by atoms with van der Waals surface area (Å²) in [6, 6.07) is 16.1. The van der Waals surface area contributed by atoms with Gasteiger partial charge >= 0.3 is 121 Å². The van der Waals surface area contributed by atoms with E-state index in [0.717, 1.165) is 10.8 Å². The summed E-state index contributed by atoms with van der Waals surface area (Å²) in [5.41, 5.74) is 0.189. The molecule has 4 heteroatoms. The van der Waals surface area contributed by atoms with E-state index in [1.807, 2.05) is 36.4 Å². The zero-order valence-electron chi connectivity index (χ0n) is 8.69. The van der Waals surface area contributed by atoms with Crippen molar-refractivity contribution in [3.63, 3.8) is 0 Å². The Morgan fingerprint density at radius 2 is 1.35 bits per heavy atom. The quantitative estimate of drug-likeness (QED) is 0.301. The van der Waals surface area contributed by atoms with Gasteiger partial charge in [0.2, 0.25) is 0 Å². The van der Waals surface area contributed by atoms with E-state index in [0.29, 0.717) is 0 Å². The molecule has 0 aliphatic heterocycles. The third kappa shape index (κ3) is 1.90. The van der Waals surface area contributed by atoms with Crippen molar-refractivity contribution in [3.8, 4) is 0 Å². The fraction of sp³-hybridized carbons (Fsp3) is 0. The van der Waals surface area contributed by atoms with Crippen LogP contribution in [0.1, 0.15) is 0 Å². The molecule has 3 rings (SSSR count). The molecule has 0 atom stereocenters. The van der Waals surface area contributed by atoms with Gasteiger partial charge in [0.25, 0.3) is 0 Å². The molecule has 1 heterocycles. The van der Waals surface area contributed by atoms with Crippen LogP contribution in [-0.4, -0.2) is 0 Å². The first-order valence-electron chi connectivity index (χ1n) is 5.06. The van der Waals surface area contributed by atoms with Gasteiger partial charge in [0, 0.05) is 0 Å². The third-order valence-corrected chi connectivity index (χ3v) is 14.9. The van der Waals surface area contributed by atoms with Gasteiger partial charge in [-0.05, 0) is 0 Å². The molecule has 0 bridgehead atoms. The van der Waals surface area contributed by atoms with Gasteiger partial charge in [-0.1, -0.05) is 0 Å². The Hall–Kier alpha value is -0.210. The van der Waals surface area contributed by atoms with Crippen molar-refractivity contribution < 1.29 is 15.8 Å². The van der Waals surface area contributed by atoms with E-state index in [2.05, 4.69) is 30.7 Å². The normalized spacial score (nSPS) is 11.4. The van der Waals surface area contributed by atoms with E-state index in [1.54, 1.807) is 0 Å². The van der Waals surface area contributed by atoms with Gasteiger partial charge in [-0.15, -0.1) is 0 Å². The van der Waals surface area contributed by atoms with E-state index in [4.69, 9.17) is 0 Å². The molecular weight excluding hydrogens is 458 g/mol. The van der Waals surface area contributed by atoms with Gasteiger partial charge in [-0.2, -0.15) is 0 Å². The monoisotopic (exact) mass is 466 g/mol. The first-order valence-corrected chi connectivity index (χ1v) is 15.1. The van der Waals surface area contributed by atoms with Crippen molar-refractivity contribution in [2.24, 2.45) is 0 Å². The van der Waals surface area contributed by atoms with Crippen LogP contribution in [0.2, 0.25) is 0 Å². The predicted molar refractivity (Wildman–Crippen MR) is 79.6 cm³/mol. The van der Waals surface area contributed by atoms with Crippen LogP contribution in [0, 0.1) is 0 Å². The molecule has 0 aliphatic rings. The van der Waals surface area contributed by atoms with Crippen LogP contribution >= 0.6 is 26.3 Å². The minimum atomic E-state index is 0.0344. The van der Waals surface area contributed by atoms with Crippen LogP contribution in [0.15, 0.2) is 53.3 Å². The number of fused-ring (bicyclic) bond motifs is 2. The summed E-state index contributed by atoms with van der Waals surface area (Å²) in [5.74, 6) is 0. The summed E-state index contributed by atoms with van der Waals surface area (Å²) in [5, 5.41) is 1.82. The van der Waals surface area contributed by atoms with E-state index in [1.165, 1.54) is 9.40 Å². The Morgan fingerprint density at radius 1 is 0.882 bits per heavy atom. The summed E-state index contributed by atoms with van der Waals surface area (Å²) in [6.45, 7) is 0. The molecule has 17 heavy (non-hydrogen) atoms. The van der Waals surface area contributed by atoms with Crippen molar-refractivity contribution in [2.75, 3.05) is 0 Å². The van der Waals surface area contributed by atoms with Crippen LogP contribution in [0.5, 0.6) is 0 Å². The topological polar surface area (TPSA) is 17.1 Å². The van der Waals surface area contributed by atoms with E-state index in [-0.39, 0.29) is 28.9 Å². The zero-order chi connectivity index (χ0) is 11.8. The Balaban J connectivity index is 2.68. The van der Waals surface area contributed by atoms with Crippen LogP contribution in [0.4, 0.5) is 0 Å². The van der Waals surface area contributed by atoms with Crippen molar-refractivity contribution in [2.45, 2.75) is 0 Å². The molecule has 3 aromatic rings. The third-order valence-electron chi connectivity index (χ3n) is 2.71. The van der Waals surface area contributed by atoms with Gasteiger partial charge in [0.15, 0.2) is 0 Å². The molecule has 86 valence electrons. The number of halogens is 2. The molecule has 0 amide bonds. The molecule has 0 fully saturated rings. The van der Waals surface area contributed by atoms with Gasteiger partial charge < -0.3 is 0 Å². The molecule has 0 N–H and O–H groups in total. The molecule has 1 aromatic heterocycles. The molecule has 1 nitrogen and oxygen atoms in total. The SMILES string of the molecule is O=c1c2ccccc2[s+]([I-]I)c2ccccc12. The molecule has 0 unspecified atom stereocenters. The van der Waals surface area contributed by atoms with E-state index >= 15 is 0 Å². The first-order chi connectivity index (χ1) is 8.33. The molecule has 0 saturated heterocycles. The maximum atomic E-state index is 12.4. The standard InChI is InChI=1S/C13H8I2OS/c14-15-17-11-7-3-1-5-9(11)13(16)10-6-2-4-8-12(10)17/h1-8H. The van der Waals surface area contributed by atoms with E-state index < -0.39 is 0 Å². The van der Waals surface area contributed by atoms with Gasteiger partial charge in [0.05, 0.1) is 0 Å². The molecule has 0 radical (unpaired) electrons. The second-order valence-electron chi connectivity index (χ2n) is 3.64. The number of hydrogen-bond acceptors (Lipinski definition) is 1. The Labute approximate surface area is 120 Å². The van der Waals surface area contributed by atoms with Gasteiger partial charge in [0.1, 0.15) is 0 Å². The Bertz CT molecular complexity index is 704. The van der Waals surface area contributed by atoms with Crippen LogP contribution in [0.3, 0.4) is 0 Å². The Kier molecular flexibility index (Phi) is 3.36. The average Bonchev–Trinajstić information content (AvgIpc) is 2.40. The molecule has 0 spiro atoms. The van der Waals surface area contributed by atoms with Crippen molar-refractivity contribution in [3.05, 3.63) is 58.8 Å². The summed E-state index contributed by atoms with van der Waals surface area (Å²) in [4.78, 5) is 12.4. The van der Waals surface area contributed by atoms with Gasteiger partial charge in [-0.25, -0.2) is 0 Å². The van der Waals surface area contributed by atoms with Crippen molar-refractivity contribution in [1.82, 2.24) is 0 Å². The predicted octanol–water partition coefficient (Wildman–Crippen LogP) is 1.30. The first kappa shape index (κ1) is 11.9. The zero-order valence-corrected chi connectivity index (χ0v) is 13.8. The summed E-state index contributed by atoms with van der Waals surface area (Å²) >= 11 is 2.55. The molecule has 0 aliphatic carbocycles.